The normalized spacial score (nSPS) is 13.9. The lowest BCUT2D eigenvalue weighted by atomic mass is 10.2. The van der Waals surface area contributed by atoms with E-state index in [0.717, 1.165) is 11.3 Å². The highest BCUT2D eigenvalue weighted by Gasteiger charge is 2.16. The van der Waals surface area contributed by atoms with Crippen LogP contribution in [0.25, 0.3) is 0 Å². The Balaban J connectivity index is 1.54. The number of morpholine rings is 1. The van der Waals surface area contributed by atoms with Gasteiger partial charge in [-0.05, 0) is 54.1 Å². The zero-order valence-corrected chi connectivity index (χ0v) is 17.0. The smallest absolute Gasteiger partial charge is 0.250 e. The number of aromatic nitrogens is 3. The van der Waals surface area contributed by atoms with Crippen LogP contribution in [0.1, 0.15) is 5.56 Å². The summed E-state index contributed by atoms with van der Waals surface area (Å²) < 4.78 is 23.8. The molecule has 0 unspecified atom stereocenters. The number of anilines is 4. The van der Waals surface area contributed by atoms with Gasteiger partial charge in [0.25, 0.3) is 0 Å². The fraction of sp³-hybridized carbons (Fsp3) is 0.238. The number of nitrogens with zero attached hydrogens (tertiary/aromatic N) is 5. The maximum atomic E-state index is 13.2. The van der Waals surface area contributed by atoms with Crippen molar-refractivity contribution in [1.82, 2.24) is 15.0 Å². The van der Waals surface area contributed by atoms with Crippen LogP contribution in [0.4, 0.5) is 27.9 Å². The second-order valence-electron chi connectivity index (χ2n) is 6.66. The maximum absolute atomic E-state index is 13.2. The van der Waals surface area contributed by atoms with Gasteiger partial charge in [0.15, 0.2) is 0 Å². The Hall–Kier alpha value is -3.79. The highest BCUT2D eigenvalue weighted by atomic mass is 19.1. The van der Waals surface area contributed by atoms with Crippen LogP contribution < -0.4 is 20.4 Å². The third-order valence-electron chi connectivity index (χ3n) is 4.51. The molecule has 1 aliphatic heterocycles. The van der Waals surface area contributed by atoms with Crippen molar-refractivity contribution < 1.29 is 13.9 Å². The lowest BCUT2D eigenvalue weighted by Crippen LogP contribution is -2.37. The van der Waals surface area contributed by atoms with Crippen molar-refractivity contribution in [2.24, 2.45) is 5.10 Å². The molecule has 2 N–H and O–H groups in total. The molecular formula is C21H22FN7O2. The fourth-order valence-corrected chi connectivity index (χ4v) is 2.89. The molecule has 3 aromatic rings. The zero-order valence-electron chi connectivity index (χ0n) is 17.0. The molecule has 31 heavy (non-hydrogen) atoms. The molecule has 4 rings (SSSR count). The van der Waals surface area contributed by atoms with Gasteiger partial charge >= 0.3 is 0 Å². The Morgan fingerprint density at radius 3 is 2.42 bits per heavy atom. The van der Waals surface area contributed by atoms with Gasteiger partial charge in [0.05, 0.1) is 26.5 Å². The highest BCUT2D eigenvalue weighted by Crippen LogP contribution is 2.19. The molecule has 1 fully saturated rings. The summed E-state index contributed by atoms with van der Waals surface area (Å²) in [5, 5.41) is 7.30. The van der Waals surface area contributed by atoms with E-state index in [-0.39, 0.29) is 11.8 Å². The van der Waals surface area contributed by atoms with E-state index in [0.29, 0.717) is 43.9 Å². The molecule has 0 bridgehead atoms. The van der Waals surface area contributed by atoms with E-state index < -0.39 is 0 Å². The number of hydrogen-bond donors (Lipinski definition) is 2. The van der Waals surface area contributed by atoms with Crippen molar-refractivity contribution in [2.45, 2.75) is 0 Å². The first-order valence-electron chi connectivity index (χ1n) is 9.74. The fourth-order valence-electron chi connectivity index (χ4n) is 2.89. The number of methoxy groups -OCH3 is 1. The minimum absolute atomic E-state index is 0.283. The minimum Gasteiger partial charge on any atom is -0.497 e. The topological polar surface area (TPSA) is 96.8 Å². The lowest BCUT2D eigenvalue weighted by Gasteiger charge is -2.27. The van der Waals surface area contributed by atoms with E-state index in [2.05, 4.69) is 30.8 Å². The minimum atomic E-state index is -0.314. The van der Waals surface area contributed by atoms with Gasteiger partial charge in [-0.2, -0.15) is 20.1 Å². The Labute approximate surface area is 179 Å². The van der Waals surface area contributed by atoms with Crippen molar-refractivity contribution in [3.05, 3.63) is 59.9 Å². The van der Waals surface area contributed by atoms with E-state index in [1.165, 1.54) is 12.1 Å². The molecule has 2 aromatic carbocycles. The second kappa shape index (κ2) is 9.81. The Kier molecular flexibility index (Phi) is 6.48. The first-order valence-corrected chi connectivity index (χ1v) is 9.74. The number of halogens is 1. The average Bonchev–Trinajstić information content (AvgIpc) is 2.81. The van der Waals surface area contributed by atoms with Crippen LogP contribution in [0.15, 0.2) is 53.6 Å². The van der Waals surface area contributed by atoms with Crippen LogP contribution in [0, 0.1) is 5.82 Å². The predicted molar refractivity (Wildman–Crippen MR) is 117 cm³/mol. The molecule has 1 aliphatic rings. The molecule has 0 aliphatic carbocycles. The average molecular weight is 423 g/mol. The molecule has 0 saturated carbocycles. The first-order chi connectivity index (χ1) is 15.2. The largest absolute Gasteiger partial charge is 0.497 e. The molecule has 10 heteroatoms. The number of hydrogen-bond acceptors (Lipinski definition) is 9. The molecule has 0 spiro atoms. The molecule has 9 nitrogen and oxygen atoms in total. The predicted octanol–water partition coefficient (Wildman–Crippen LogP) is 3.05. The van der Waals surface area contributed by atoms with Gasteiger partial charge in [0.1, 0.15) is 11.6 Å². The zero-order chi connectivity index (χ0) is 21.5. The van der Waals surface area contributed by atoms with E-state index in [1.54, 1.807) is 25.5 Å². The molecule has 160 valence electrons. The van der Waals surface area contributed by atoms with Gasteiger partial charge in [-0.3, -0.25) is 0 Å². The van der Waals surface area contributed by atoms with Crippen molar-refractivity contribution in [3.8, 4) is 5.75 Å². The van der Waals surface area contributed by atoms with Crippen LogP contribution in [0.2, 0.25) is 0 Å². The summed E-state index contributed by atoms with van der Waals surface area (Å²) in [6.07, 6.45) is 1.66. The summed E-state index contributed by atoms with van der Waals surface area (Å²) in [5.41, 5.74) is 4.40. The Bertz CT molecular complexity index is 1020. The summed E-state index contributed by atoms with van der Waals surface area (Å²) in [6.45, 7) is 2.55. The molecule has 0 amide bonds. The van der Waals surface area contributed by atoms with Crippen molar-refractivity contribution in [3.63, 3.8) is 0 Å². The molecular weight excluding hydrogens is 401 g/mol. The van der Waals surface area contributed by atoms with E-state index >= 15 is 0 Å². The first kappa shape index (κ1) is 20.5. The van der Waals surface area contributed by atoms with Gasteiger partial charge in [0.2, 0.25) is 17.8 Å². The van der Waals surface area contributed by atoms with Gasteiger partial charge < -0.3 is 19.7 Å². The quantitative estimate of drug-likeness (QED) is 0.442. The molecule has 0 radical (unpaired) electrons. The van der Waals surface area contributed by atoms with Crippen LogP contribution in [-0.4, -0.2) is 54.6 Å². The van der Waals surface area contributed by atoms with Crippen molar-refractivity contribution in [2.75, 3.05) is 49.1 Å². The molecule has 2 heterocycles. The third kappa shape index (κ3) is 5.64. The Morgan fingerprint density at radius 2 is 1.71 bits per heavy atom. The summed E-state index contributed by atoms with van der Waals surface area (Å²) in [4.78, 5) is 15.4. The monoisotopic (exact) mass is 423 g/mol. The van der Waals surface area contributed by atoms with E-state index in [1.807, 2.05) is 29.2 Å². The molecule has 1 aromatic heterocycles. The van der Waals surface area contributed by atoms with E-state index in [4.69, 9.17) is 9.47 Å². The summed E-state index contributed by atoms with van der Waals surface area (Å²) >= 11 is 0. The van der Waals surface area contributed by atoms with Crippen LogP contribution in [-0.2, 0) is 4.74 Å². The van der Waals surface area contributed by atoms with Gasteiger partial charge in [0, 0.05) is 18.8 Å². The number of rotatable bonds is 7. The SMILES string of the molecule is COc1ccc(C=NNc2nc(Nc3ccc(F)cc3)nc(N3CCOCC3)n2)cc1. The number of nitrogens with one attached hydrogen (secondary N) is 2. The van der Waals surface area contributed by atoms with Crippen LogP contribution >= 0.6 is 0 Å². The highest BCUT2D eigenvalue weighted by molar-refractivity contribution is 5.80. The second-order valence-corrected chi connectivity index (χ2v) is 6.66. The number of ether oxygens (including phenoxy) is 2. The number of benzene rings is 2. The van der Waals surface area contributed by atoms with E-state index in [9.17, 15) is 4.39 Å². The number of hydrazone groups is 1. The standard InChI is InChI=1S/C21H22FN7O2/c1-30-18-8-2-15(3-9-18)14-23-28-20-25-19(24-17-6-4-16(22)5-7-17)26-21(27-20)29-10-12-31-13-11-29/h2-9,14H,10-13H2,1H3,(H2,24,25,26,27,28). The summed E-state index contributed by atoms with van der Waals surface area (Å²) in [6, 6.07) is 13.4. The third-order valence-corrected chi connectivity index (χ3v) is 4.51. The summed E-state index contributed by atoms with van der Waals surface area (Å²) in [5.74, 6) is 1.57. The van der Waals surface area contributed by atoms with Crippen LogP contribution in [0.3, 0.4) is 0 Å². The van der Waals surface area contributed by atoms with Gasteiger partial charge in [-0.1, -0.05) is 0 Å². The van der Waals surface area contributed by atoms with Gasteiger partial charge in [-0.15, -0.1) is 0 Å². The lowest BCUT2D eigenvalue weighted by molar-refractivity contribution is 0.122. The van der Waals surface area contributed by atoms with Crippen molar-refractivity contribution >= 4 is 29.7 Å². The van der Waals surface area contributed by atoms with Crippen LogP contribution in [0.5, 0.6) is 5.75 Å². The molecule has 1 saturated heterocycles. The maximum Gasteiger partial charge on any atom is 0.250 e. The molecule has 0 atom stereocenters. The van der Waals surface area contributed by atoms with Gasteiger partial charge in [-0.25, -0.2) is 9.82 Å². The Morgan fingerprint density at radius 1 is 1.00 bits per heavy atom. The van der Waals surface area contributed by atoms with Crippen molar-refractivity contribution in [1.29, 1.82) is 0 Å². The summed E-state index contributed by atoms with van der Waals surface area (Å²) in [7, 11) is 1.62.